The van der Waals surface area contributed by atoms with Crippen molar-refractivity contribution in [3.8, 4) is 0 Å². The van der Waals surface area contributed by atoms with Gasteiger partial charge in [0.15, 0.2) is 0 Å². The Hall–Kier alpha value is -3.13. The van der Waals surface area contributed by atoms with E-state index in [1.165, 1.54) is 6.07 Å². The van der Waals surface area contributed by atoms with E-state index in [-0.39, 0.29) is 5.91 Å². The van der Waals surface area contributed by atoms with Crippen molar-refractivity contribution in [2.75, 3.05) is 38.5 Å². The molecule has 1 aromatic heterocycles. The molecule has 8 heteroatoms. The van der Waals surface area contributed by atoms with Crippen LogP contribution in [0.3, 0.4) is 0 Å². The van der Waals surface area contributed by atoms with Crippen molar-refractivity contribution in [1.82, 2.24) is 14.8 Å². The Labute approximate surface area is 172 Å². The number of amides is 1. The third kappa shape index (κ3) is 4.23. The van der Waals surface area contributed by atoms with Gasteiger partial charge in [-0.2, -0.15) is 13.2 Å². The Kier molecular flexibility index (Phi) is 5.34. The number of nitrogens with one attached hydrogen (secondary N) is 1. The van der Waals surface area contributed by atoms with Crippen molar-refractivity contribution in [2.24, 2.45) is 0 Å². The quantitative estimate of drug-likeness (QED) is 0.691. The summed E-state index contributed by atoms with van der Waals surface area (Å²) in [6, 6.07) is 12.1. The van der Waals surface area contributed by atoms with Gasteiger partial charge in [0.25, 0.3) is 5.91 Å². The first kappa shape index (κ1) is 20.2. The maximum atomic E-state index is 13.1. The normalized spacial score (nSPS) is 15.4. The smallest absolute Gasteiger partial charge is 0.355 e. The summed E-state index contributed by atoms with van der Waals surface area (Å²) in [4.78, 5) is 20.8. The highest BCUT2D eigenvalue weighted by atomic mass is 19.4. The zero-order valence-electron chi connectivity index (χ0n) is 16.4. The SMILES string of the molecule is CN1CCN(C(=O)c2ccc(Nc3ccnc4ccc(C(F)(F)F)cc34)cc2)CC1. The van der Waals surface area contributed by atoms with E-state index in [0.717, 1.165) is 25.2 Å². The zero-order chi connectivity index (χ0) is 21.3. The first-order valence-electron chi connectivity index (χ1n) is 9.62. The molecular formula is C22H21F3N4O. The lowest BCUT2D eigenvalue weighted by Gasteiger charge is -2.32. The van der Waals surface area contributed by atoms with Crippen molar-refractivity contribution in [2.45, 2.75) is 6.18 Å². The van der Waals surface area contributed by atoms with Gasteiger partial charge in [-0.3, -0.25) is 9.78 Å². The predicted molar refractivity (Wildman–Crippen MR) is 110 cm³/mol. The second-order valence-electron chi connectivity index (χ2n) is 7.39. The highest BCUT2D eigenvalue weighted by Crippen LogP contribution is 2.33. The van der Waals surface area contributed by atoms with Crippen LogP contribution in [0.15, 0.2) is 54.7 Å². The maximum Gasteiger partial charge on any atom is 0.416 e. The lowest BCUT2D eigenvalue weighted by molar-refractivity contribution is -0.137. The minimum atomic E-state index is -4.42. The number of halogens is 3. The van der Waals surface area contributed by atoms with Crippen molar-refractivity contribution in [3.63, 3.8) is 0 Å². The fourth-order valence-corrected chi connectivity index (χ4v) is 3.48. The standard InChI is InChI=1S/C22H21F3N4O/c1-28-10-12-29(13-11-28)21(30)15-2-5-17(6-3-15)27-20-8-9-26-19-7-4-16(14-18(19)20)22(23,24)25/h2-9,14H,10-13H2,1H3,(H,26,27). The van der Waals surface area contributed by atoms with Crippen LogP contribution in [0.1, 0.15) is 15.9 Å². The number of aromatic nitrogens is 1. The number of rotatable bonds is 3. The molecular weight excluding hydrogens is 393 g/mol. The van der Waals surface area contributed by atoms with Crippen molar-refractivity contribution >= 4 is 28.2 Å². The van der Waals surface area contributed by atoms with Crippen LogP contribution >= 0.6 is 0 Å². The highest BCUT2D eigenvalue weighted by Gasteiger charge is 2.30. The number of benzene rings is 2. The molecule has 0 aliphatic carbocycles. The van der Waals surface area contributed by atoms with E-state index < -0.39 is 11.7 Å². The Balaban J connectivity index is 1.55. The largest absolute Gasteiger partial charge is 0.416 e. The number of carbonyl (C=O) groups is 1. The topological polar surface area (TPSA) is 48.5 Å². The predicted octanol–water partition coefficient (Wildman–Crippen LogP) is 4.38. The average molecular weight is 414 g/mol. The lowest BCUT2D eigenvalue weighted by Crippen LogP contribution is -2.47. The number of likely N-dealkylation sites (N-methyl/N-ethyl adjacent to an activating group) is 1. The number of anilines is 2. The van der Waals surface area contributed by atoms with Crippen molar-refractivity contribution < 1.29 is 18.0 Å². The van der Waals surface area contributed by atoms with Crippen molar-refractivity contribution in [3.05, 3.63) is 65.9 Å². The van der Waals surface area contributed by atoms with E-state index in [9.17, 15) is 18.0 Å². The lowest BCUT2D eigenvalue weighted by atomic mass is 10.1. The Bertz CT molecular complexity index is 1060. The van der Waals surface area contributed by atoms with E-state index in [4.69, 9.17) is 0 Å². The van der Waals surface area contributed by atoms with Gasteiger partial charge in [-0.05, 0) is 55.6 Å². The van der Waals surface area contributed by atoms with Crippen LogP contribution in [0, 0.1) is 0 Å². The van der Waals surface area contributed by atoms with Crippen LogP contribution in [0.4, 0.5) is 24.5 Å². The van der Waals surface area contributed by atoms with E-state index in [1.807, 2.05) is 11.9 Å². The van der Waals surface area contributed by atoms with Crippen molar-refractivity contribution in [1.29, 1.82) is 0 Å². The number of fused-ring (bicyclic) bond motifs is 1. The molecule has 0 saturated carbocycles. The monoisotopic (exact) mass is 414 g/mol. The summed E-state index contributed by atoms with van der Waals surface area (Å²) >= 11 is 0. The zero-order valence-corrected chi connectivity index (χ0v) is 16.4. The summed E-state index contributed by atoms with van der Waals surface area (Å²) in [6.07, 6.45) is -2.88. The molecule has 1 saturated heterocycles. The highest BCUT2D eigenvalue weighted by molar-refractivity contribution is 5.96. The molecule has 5 nitrogen and oxygen atoms in total. The van der Waals surface area contributed by atoms with Gasteiger partial charge in [-0.1, -0.05) is 0 Å². The number of nitrogens with zero attached hydrogens (tertiary/aromatic N) is 3. The maximum absolute atomic E-state index is 13.1. The molecule has 30 heavy (non-hydrogen) atoms. The number of alkyl halides is 3. The summed E-state index contributed by atoms with van der Waals surface area (Å²) in [5, 5.41) is 3.52. The average Bonchev–Trinajstić information content (AvgIpc) is 2.74. The Morgan fingerprint density at radius 2 is 1.70 bits per heavy atom. The fraction of sp³-hybridized carbons (Fsp3) is 0.273. The number of hydrogen-bond donors (Lipinski definition) is 1. The van der Waals surface area contributed by atoms with Gasteiger partial charge in [0.2, 0.25) is 0 Å². The molecule has 0 unspecified atom stereocenters. The molecule has 0 atom stereocenters. The number of piperazine rings is 1. The Morgan fingerprint density at radius 3 is 2.37 bits per heavy atom. The van der Waals surface area contributed by atoms with Gasteiger partial charge in [-0.15, -0.1) is 0 Å². The molecule has 2 aromatic carbocycles. The first-order chi connectivity index (χ1) is 14.3. The number of pyridine rings is 1. The Morgan fingerprint density at radius 1 is 1.00 bits per heavy atom. The summed E-state index contributed by atoms with van der Waals surface area (Å²) < 4.78 is 39.3. The molecule has 2 heterocycles. The summed E-state index contributed by atoms with van der Waals surface area (Å²) in [5.74, 6) is -0.0150. The first-order valence-corrected chi connectivity index (χ1v) is 9.62. The van der Waals surface area contributed by atoms with Crippen LogP contribution in [0.25, 0.3) is 10.9 Å². The van der Waals surface area contributed by atoms with Gasteiger partial charge < -0.3 is 15.1 Å². The molecule has 3 aromatic rings. The second kappa shape index (κ2) is 7.95. The molecule has 4 rings (SSSR count). The van der Waals surface area contributed by atoms with Gasteiger partial charge in [0.1, 0.15) is 0 Å². The molecule has 1 fully saturated rings. The fourth-order valence-electron chi connectivity index (χ4n) is 3.48. The number of hydrogen-bond acceptors (Lipinski definition) is 4. The number of carbonyl (C=O) groups excluding carboxylic acids is 1. The van der Waals surface area contributed by atoms with Crippen LogP contribution in [-0.2, 0) is 6.18 Å². The van der Waals surface area contributed by atoms with E-state index >= 15 is 0 Å². The minimum Gasteiger partial charge on any atom is -0.355 e. The molecule has 156 valence electrons. The molecule has 1 aliphatic heterocycles. The van der Waals surface area contributed by atoms with Gasteiger partial charge in [0.05, 0.1) is 11.1 Å². The summed E-state index contributed by atoms with van der Waals surface area (Å²) in [6.45, 7) is 3.08. The van der Waals surface area contributed by atoms with Gasteiger partial charge in [-0.25, -0.2) is 0 Å². The van der Waals surface area contributed by atoms with E-state index in [1.54, 1.807) is 36.5 Å². The van der Waals surface area contributed by atoms with Gasteiger partial charge >= 0.3 is 6.18 Å². The minimum absolute atomic E-state index is 0.0150. The van der Waals surface area contributed by atoms with Crippen LogP contribution in [-0.4, -0.2) is 53.9 Å². The molecule has 1 N–H and O–H groups in total. The molecule has 0 bridgehead atoms. The molecule has 1 amide bonds. The molecule has 1 aliphatic rings. The van der Waals surface area contributed by atoms with E-state index in [2.05, 4.69) is 15.2 Å². The summed E-state index contributed by atoms with van der Waals surface area (Å²) in [7, 11) is 2.03. The summed E-state index contributed by atoms with van der Waals surface area (Å²) in [5.41, 5.74) is 1.53. The van der Waals surface area contributed by atoms with Gasteiger partial charge in [0, 0.05) is 54.7 Å². The third-order valence-electron chi connectivity index (χ3n) is 5.27. The van der Waals surface area contributed by atoms with Crippen LogP contribution in [0.5, 0.6) is 0 Å². The van der Waals surface area contributed by atoms with E-state index in [0.29, 0.717) is 40.9 Å². The molecule has 0 radical (unpaired) electrons. The third-order valence-corrected chi connectivity index (χ3v) is 5.27. The second-order valence-corrected chi connectivity index (χ2v) is 7.39. The van der Waals surface area contributed by atoms with Crippen LogP contribution < -0.4 is 5.32 Å². The van der Waals surface area contributed by atoms with Crippen LogP contribution in [0.2, 0.25) is 0 Å². The molecule has 0 spiro atoms.